The summed E-state index contributed by atoms with van der Waals surface area (Å²) < 4.78 is 56.4. The largest absolute Gasteiger partial charge is 0.487 e. The predicted molar refractivity (Wildman–Crippen MR) is 112 cm³/mol. The fraction of sp³-hybridized carbons (Fsp3) is 0.591. The van der Waals surface area contributed by atoms with Crippen molar-refractivity contribution in [2.75, 3.05) is 19.7 Å². The molecule has 0 spiro atoms. The summed E-state index contributed by atoms with van der Waals surface area (Å²) in [6.45, 7) is 1.59. The number of rotatable bonds is 8. The van der Waals surface area contributed by atoms with Crippen molar-refractivity contribution < 1.29 is 37.3 Å². The monoisotopic (exact) mass is 484 g/mol. The van der Waals surface area contributed by atoms with E-state index in [4.69, 9.17) is 19.3 Å². The molecule has 1 aromatic carbocycles. The van der Waals surface area contributed by atoms with Crippen LogP contribution in [0.4, 0.5) is 13.2 Å². The van der Waals surface area contributed by atoms with Crippen LogP contribution in [0.2, 0.25) is 0 Å². The van der Waals surface area contributed by atoms with Crippen LogP contribution in [0.1, 0.15) is 30.5 Å². The van der Waals surface area contributed by atoms with Crippen molar-refractivity contribution in [2.24, 2.45) is 0 Å². The van der Waals surface area contributed by atoms with E-state index < -0.39 is 18.4 Å². The van der Waals surface area contributed by atoms with Gasteiger partial charge in [0.25, 0.3) is 0 Å². The number of hydrogen-bond acceptors (Lipinski definition) is 7. The van der Waals surface area contributed by atoms with Crippen LogP contribution in [0.5, 0.6) is 5.75 Å². The summed E-state index contributed by atoms with van der Waals surface area (Å²) in [5.41, 5.74) is 1.41. The van der Waals surface area contributed by atoms with Crippen molar-refractivity contribution >= 4 is 5.91 Å². The number of alkyl halides is 3. The fourth-order valence-electron chi connectivity index (χ4n) is 4.03. The molecule has 34 heavy (non-hydrogen) atoms. The number of carbonyl (C=O) groups excluding carboxylic acids is 1. The van der Waals surface area contributed by atoms with E-state index in [-0.39, 0.29) is 44.5 Å². The van der Waals surface area contributed by atoms with E-state index in [1.807, 2.05) is 0 Å². The summed E-state index contributed by atoms with van der Waals surface area (Å²) in [4.78, 5) is 14.2. The van der Waals surface area contributed by atoms with E-state index >= 15 is 0 Å². The summed E-state index contributed by atoms with van der Waals surface area (Å²) in [6, 6.07) is 7.06. The molecule has 186 valence electrons. The summed E-state index contributed by atoms with van der Waals surface area (Å²) in [7, 11) is 0. The molecule has 3 atom stereocenters. The number of aliphatic hydroxyl groups excluding tert-OH is 1. The number of ether oxygens (including phenoxy) is 3. The van der Waals surface area contributed by atoms with Gasteiger partial charge in [-0.3, -0.25) is 4.79 Å². The normalized spacial score (nSPS) is 23.3. The predicted octanol–water partition coefficient (Wildman–Crippen LogP) is 2.08. The van der Waals surface area contributed by atoms with Gasteiger partial charge in [-0.15, -0.1) is 5.10 Å². The zero-order chi connectivity index (χ0) is 24.1. The Labute approximate surface area is 194 Å². The van der Waals surface area contributed by atoms with Gasteiger partial charge in [0.05, 0.1) is 44.6 Å². The Bertz CT molecular complexity index is 953. The molecule has 2 fully saturated rings. The molecule has 3 heterocycles. The van der Waals surface area contributed by atoms with Gasteiger partial charge in [-0.05, 0) is 30.5 Å². The number of hydrogen-bond donors (Lipinski definition) is 1. The average Bonchev–Trinajstić information content (AvgIpc) is 3.48. The van der Waals surface area contributed by atoms with Crippen LogP contribution in [0.15, 0.2) is 30.5 Å². The second kappa shape index (κ2) is 10.7. The van der Waals surface area contributed by atoms with Crippen molar-refractivity contribution in [3.05, 3.63) is 41.7 Å². The third-order valence-electron chi connectivity index (χ3n) is 5.84. The Morgan fingerprint density at radius 2 is 2.00 bits per heavy atom. The average molecular weight is 484 g/mol. The number of benzene rings is 1. The van der Waals surface area contributed by atoms with Crippen LogP contribution in [0.25, 0.3) is 0 Å². The minimum Gasteiger partial charge on any atom is -0.487 e. The molecule has 2 aromatic rings. The number of halogens is 3. The quantitative estimate of drug-likeness (QED) is 0.613. The van der Waals surface area contributed by atoms with Gasteiger partial charge in [0.15, 0.2) is 6.10 Å². The molecule has 0 saturated carbocycles. The first kappa shape index (κ1) is 24.4. The van der Waals surface area contributed by atoms with Gasteiger partial charge in [-0.25, -0.2) is 4.68 Å². The molecule has 1 aromatic heterocycles. The summed E-state index contributed by atoms with van der Waals surface area (Å²) in [5.74, 6) is 0.408. The van der Waals surface area contributed by atoms with Gasteiger partial charge in [0.2, 0.25) is 5.91 Å². The van der Waals surface area contributed by atoms with Crippen LogP contribution in [-0.4, -0.2) is 75.1 Å². The molecule has 4 rings (SSSR count). The van der Waals surface area contributed by atoms with E-state index in [0.717, 1.165) is 5.56 Å². The first-order valence-corrected chi connectivity index (χ1v) is 11.1. The van der Waals surface area contributed by atoms with Gasteiger partial charge >= 0.3 is 6.18 Å². The summed E-state index contributed by atoms with van der Waals surface area (Å²) in [6.07, 6.45) is -5.43. The smallest absolute Gasteiger partial charge is 0.414 e. The number of amides is 1. The van der Waals surface area contributed by atoms with Gasteiger partial charge in [-0.2, -0.15) is 13.2 Å². The number of aliphatic hydroxyl groups is 1. The maximum Gasteiger partial charge on any atom is 0.414 e. The first-order valence-electron chi connectivity index (χ1n) is 11.1. The van der Waals surface area contributed by atoms with Crippen molar-refractivity contribution in [3.8, 4) is 5.75 Å². The molecule has 0 bridgehead atoms. The number of morpholine rings is 1. The lowest BCUT2D eigenvalue weighted by molar-refractivity contribution is -0.215. The Balaban J connectivity index is 1.23. The maximum atomic E-state index is 12.8. The molecule has 9 nitrogen and oxygen atoms in total. The lowest BCUT2D eigenvalue weighted by atomic mass is 10.1. The molecule has 0 aliphatic carbocycles. The van der Waals surface area contributed by atoms with Gasteiger partial charge in [-0.1, -0.05) is 17.3 Å². The number of aromatic nitrogens is 3. The van der Waals surface area contributed by atoms with Crippen LogP contribution >= 0.6 is 0 Å². The molecule has 1 N–H and O–H groups in total. The summed E-state index contributed by atoms with van der Waals surface area (Å²) >= 11 is 0. The van der Waals surface area contributed by atoms with Crippen molar-refractivity contribution in [2.45, 2.75) is 63.5 Å². The second-order valence-electron chi connectivity index (χ2n) is 8.43. The zero-order valence-electron chi connectivity index (χ0n) is 18.5. The van der Waals surface area contributed by atoms with Crippen LogP contribution in [0.3, 0.4) is 0 Å². The highest BCUT2D eigenvalue weighted by Crippen LogP contribution is 2.34. The van der Waals surface area contributed by atoms with Gasteiger partial charge < -0.3 is 24.2 Å². The highest BCUT2D eigenvalue weighted by atomic mass is 19.4. The highest BCUT2D eigenvalue weighted by Gasteiger charge is 2.46. The summed E-state index contributed by atoms with van der Waals surface area (Å²) in [5, 5.41) is 17.2. The minimum atomic E-state index is -4.39. The molecule has 12 heteroatoms. The second-order valence-corrected chi connectivity index (χ2v) is 8.43. The standard InChI is InChI=1S/C22H27F3N4O5/c23-22(24,25)20-6-5-18(34-20)9-21(31)28-7-8-32-19(11-28)12-29-10-16(26-27-29)14-33-17-3-1-15(13-30)2-4-17/h1-4,10,18-20,30H,5-9,11-14H2. The zero-order valence-corrected chi connectivity index (χ0v) is 18.5. The van der Waals surface area contributed by atoms with Crippen molar-refractivity contribution in [1.82, 2.24) is 19.9 Å². The third-order valence-corrected chi connectivity index (χ3v) is 5.84. The molecule has 2 aliphatic rings. The van der Waals surface area contributed by atoms with E-state index in [1.165, 1.54) is 0 Å². The maximum absolute atomic E-state index is 12.8. The fourth-order valence-corrected chi connectivity index (χ4v) is 4.03. The van der Waals surface area contributed by atoms with Crippen LogP contribution < -0.4 is 4.74 Å². The Morgan fingerprint density at radius 1 is 1.21 bits per heavy atom. The van der Waals surface area contributed by atoms with Crippen molar-refractivity contribution in [3.63, 3.8) is 0 Å². The molecule has 1 amide bonds. The molecule has 2 saturated heterocycles. The number of nitrogens with zero attached hydrogens (tertiary/aromatic N) is 4. The highest BCUT2D eigenvalue weighted by molar-refractivity contribution is 5.76. The lowest BCUT2D eigenvalue weighted by Gasteiger charge is -2.33. The van der Waals surface area contributed by atoms with Crippen LogP contribution in [0, 0.1) is 0 Å². The van der Waals surface area contributed by atoms with Gasteiger partial charge in [0.1, 0.15) is 18.1 Å². The van der Waals surface area contributed by atoms with E-state index in [0.29, 0.717) is 37.7 Å². The first-order chi connectivity index (χ1) is 16.3. The Hall–Kier alpha value is -2.70. The Kier molecular flexibility index (Phi) is 7.69. The van der Waals surface area contributed by atoms with E-state index in [9.17, 15) is 18.0 Å². The number of carbonyl (C=O) groups is 1. The molecule has 2 aliphatic heterocycles. The lowest BCUT2D eigenvalue weighted by Crippen LogP contribution is -2.47. The van der Waals surface area contributed by atoms with Gasteiger partial charge in [0, 0.05) is 13.1 Å². The topological polar surface area (TPSA) is 98.9 Å². The third kappa shape index (κ3) is 6.45. The molecular formula is C22H27F3N4O5. The van der Waals surface area contributed by atoms with Crippen molar-refractivity contribution in [1.29, 1.82) is 0 Å². The molecule has 0 radical (unpaired) electrons. The Morgan fingerprint density at radius 3 is 2.71 bits per heavy atom. The molecule has 3 unspecified atom stereocenters. The van der Waals surface area contributed by atoms with Crippen LogP contribution in [-0.2, 0) is 34.0 Å². The van der Waals surface area contributed by atoms with E-state index in [1.54, 1.807) is 40.0 Å². The molecular weight excluding hydrogens is 457 g/mol. The van der Waals surface area contributed by atoms with E-state index in [2.05, 4.69) is 10.3 Å². The minimum absolute atomic E-state index is 0.0340. The SMILES string of the molecule is O=C(CC1CCC(C(F)(F)F)O1)N1CCOC(Cn2cc(COc3ccc(CO)cc3)nn2)C1.